The zero-order valence-electron chi connectivity index (χ0n) is 11.1. The number of ether oxygens (including phenoxy) is 2. The highest BCUT2D eigenvalue weighted by Gasteiger charge is 2.24. The number of epoxide rings is 1. The Labute approximate surface area is 104 Å². The van der Waals surface area contributed by atoms with E-state index in [0.717, 1.165) is 19.1 Å². The molecule has 0 saturated carbocycles. The van der Waals surface area contributed by atoms with Gasteiger partial charge >= 0.3 is 0 Å². The normalized spacial score (nSPS) is 23.4. The van der Waals surface area contributed by atoms with Crippen molar-refractivity contribution in [1.82, 2.24) is 0 Å². The summed E-state index contributed by atoms with van der Waals surface area (Å²) in [7, 11) is 0. The maximum atomic E-state index is 5.95. The molecule has 0 spiro atoms. The SMILES string of the molecule is CSC(C)CC(CCC(C)C)OCC1CO1. The van der Waals surface area contributed by atoms with Gasteiger partial charge in [-0.05, 0) is 31.4 Å². The fraction of sp³-hybridized carbons (Fsp3) is 1.00. The van der Waals surface area contributed by atoms with Crippen LogP contribution in [0.3, 0.4) is 0 Å². The van der Waals surface area contributed by atoms with Crippen molar-refractivity contribution in [3.63, 3.8) is 0 Å². The van der Waals surface area contributed by atoms with Crippen LogP contribution in [0.25, 0.3) is 0 Å². The lowest BCUT2D eigenvalue weighted by Crippen LogP contribution is -2.20. The molecule has 0 aromatic heterocycles. The Bertz CT molecular complexity index is 175. The van der Waals surface area contributed by atoms with Gasteiger partial charge in [0.2, 0.25) is 0 Å². The van der Waals surface area contributed by atoms with Crippen molar-refractivity contribution in [2.45, 2.75) is 57.5 Å². The summed E-state index contributed by atoms with van der Waals surface area (Å²) in [6, 6.07) is 0. The van der Waals surface area contributed by atoms with Crippen molar-refractivity contribution in [3.8, 4) is 0 Å². The fourth-order valence-electron chi connectivity index (χ4n) is 1.66. The van der Waals surface area contributed by atoms with E-state index in [1.165, 1.54) is 19.3 Å². The Kier molecular flexibility index (Phi) is 6.78. The predicted octanol–water partition coefficient (Wildman–Crippen LogP) is 3.35. The van der Waals surface area contributed by atoms with E-state index in [1.54, 1.807) is 0 Å². The Hall–Kier alpha value is 0.270. The van der Waals surface area contributed by atoms with Gasteiger partial charge < -0.3 is 9.47 Å². The van der Waals surface area contributed by atoms with Crippen LogP contribution < -0.4 is 0 Å². The Balaban J connectivity index is 2.21. The lowest BCUT2D eigenvalue weighted by molar-refractivity contribution is 0.0293. The summed E-state index contributed by atoms with van der Waals surface area (Å²) in [6.45, 7) is 8.53. The van der Waals surface area contributed by atoms with Crippen molar-refractivity contribution >= 4 is 11.8 Å². The van der Waals surface area contributed by atoms with Crippen LogP contribution >= 0.6 is 11.8 Å². The second-order valence-corrected chi connectivity index (χ2v) is 6.44. The van der Waals surface area contributed by atoms with E-state index in [1.807, 2.05) is 11.8 Å². The molecule has 1 fully saturated rings. The summed E-state index contributed by atoms with van der Waals surface area (Å²) in [5, 5.41) is 0.692. The van der Waals surface area contributed by atoms with Crippen LogP contribution in [-0.2, 0) is 9.47 Å². The largest absolute Gasteiger partial charge is 0.375 e. The van der Waals surface area contributed by atoms with Gasteiger partial charge in [0.05, 0.1) is 19.3 Å². The first-order valence-corrected chi connectivity index (χ1v) is 7.66. The van der Waals surface area contributed by atoms with E-state index in [2.05, 4.69) is 27.0 Å². The Morgan fingerprint density at radius 2 is 2.00 bits per heavy atom. The summed E-state index contributed by atoms with van der Waals surface area (Å²) in [5.74, 6) is 0.771. The molecule has 16 heavy (non-hydrogen) atoms. The molecule has 1 aliphatic heterocycles. The number of hydrogen-bond donors (Lipinski definition) is 0. The molecule has 0 amide bonds. The second kappa shape index (κ2) is 7.57. The molecule has 1 rings (SSSR count). The fourth-order valence-corrected chi connectivity index (χ4v) is 2.07. The van der Waals surface area contributed by atoms with Crippen LogP contribution in [0.5, 0.6) is 0 Å². The molecular weight excluding hydrogens is 220 g/mol. The third-order valence-electron chi connectivity index (χ3n) is 2.98. The average Bonchev–Trinajstić information content (AvgIpc) is 3.05. The summed E-state index contributed by atoms with van der Waals surface area (Å²) in [5.41, 5.74) is 0. The molecule has 0 radical (unpaired) electrons. The maximum Gasteiger partial charge on any atom is 0.104 e. The highest BCUT2D eigenvalue weighted by atomic mass is 32.2. The van der Waals surface area contributed by atoms with Gasteiger partial charge in [-0.2, -0.15) is 11.8 Å². The van der Waals surface area contributed by atoms with Gasteiger partial charge in [0, 0.05) is 5.25 Å². The molecule has 96 valence electrons. The van der Waals surface area contributed by atoms with Crippen LogP contribution in [0, 0.1) is 5.92 Å². The van der Waals surface area contributed by atoms with Crippen molar-refractivity contribution in [1.29, 1.82) is 0 Å². The van der Waals surface area contributed by atoms with Gasteiger partial charge in [-0.15, -0.1) is 0 Å². The topological polar surface area (TPSA) is 21.8 Å². The maximum absolute atomic E-state index is 5.95. The lowest BCUT2D eigenvalue weighted by atomic mass is 10.0. The van der Waals surface area contributed by atoms with Gasteiger partial charge in [-0.25, -0.2) is 0 Å². The predicted molar refractivity (Wildman–Crippen MR) is 71.1 cm³/mol. The molecule has 1 heterocycles. The Morgan fingerprint density at radius 1 is 1.31 bits per heavy atom. The molecule has 1 aliphatic rings. The van der Waals surface area contributed by atoms with E-state index >= 15 is 0 Å². The molecule has 3 heteroatoms. The van der Waals surface area contributed by atoms with Crippen LogP contribution in [0.2, 0.25) is 0 Å². The summed E-state index contributed by atoms with van der Waals surface area (Å²) >= 11 is 1.93. The van der Waals surface area contributed by atoms with Crippen molar-refractivity contribution in [2.75, 3.05) is 19.5 Å². The zero-order valence-corrected chi connectivity index (χ0v) is 11.9. The van der Waals surface area contributed by atoms with Crippen molar-refractivity contribution in [2.24, 2.45) is 5.92 Å². The van der Waals surface area contributed by atoms with Crippen LogP contribution in [-0.4, -0.2) is 36.9 Å². The quantitative estimate of drug-likeness (QED) is 0.582. The van der Waals surface area contributed by atoms with Crippen LogP contribution in [0.1, 0.15) is 40.0 Å². The number of hydrogen-bond acceptors (Lipinski definition) is 3. The molecule has 0 aromatic carbocycles. The highest BCUT2D eigenvalue weighted by molar-refractivity contribution is 7.99. The molecule has 0 aliphatic carbocycles. The minimum atomic E-state index is 0.395. The van der Waals surface area contributed by atoms with Gasteiger partial charge in [-0.1, -0.05) is 20.8 Å². The molecule has 0 N–H and O–H groups in total. The molecule has 1 saturated heterocycles. The van der Waals surface area contributed by atoms with E-state index in [-0.39, 0.29) is 0 Å². The van der Waals surface area contributed by atoms with E-state index < -0.39 is 0 Å². The monoisotopic (exact) mass is 246 g/mol. The second-order valence-electron chi connectivity index (χ2n) is 5.16. The van der Waals surface area contributed by atoms with Crippen LogP contribution in [0.15, 0.2) is 0 Å². The third kappa shape index (κ3) is 6.77. The first-order chi connectivity index (χ1) is 7.61. The van der Waals surface area contributed by atoms with E-state index in [4.69, 9.17) is 9.47 Å². The molecule has 2 nitrogen and oxygen atoms in total. The first-order valence-electron chi connectivity index (χ1n) is 6.37. The minimum Gasteiger partial charge on any atom is -0.375 e. The standard InChI is InChI=1S/C13H26O2S/c1-10(2)5-6-12(7-11(3)16-4)14-8-13-9-15-13/h10-13H,5-9H2,1-4H3. The average molecular weight is 246 g/mol. The summed E-state index contributed by atoms with van der Waals surface area (Å²) in [6.07, 6.45) is 6.61. The van der Waals surface area contributed by atoms with Crippen molar-refractivity contribution < 1.29 is 9.47 Å². The minimum absolute atomic E-state index is 0.395. The van der Waals surface area contributed by atoms with Crippen molar-refractivity contribution in [3.05, 3.63) is 0 Å². The van der Waals surface area contributed by atoms with Gasteiger partial charge in [0.15, 0.2) is 0 Å². The van der Waals surface area contributed by atoms with E-state index in [0.29, 0.717) is 17.5 Å². The smallest absolute Gasteiger partial charge is 0.104 e. The molecular formula is C13H26O2S. The van der Waals surface area contributed by atoms with Gasteiger partial charge in [0.1, 0.15) is 6.10 Å². The number of thioether (sulfide) groups is 1. The van der Waals surface area contributed by atoms with E-state index in [9.17, 15) is 0 Å². The molecule has 3 atom stereocenters. The van der Waals surface area contributed by atoms with Crippen LogP contribution in [0.4, 0.5) is 0 Å². The number of rotatable bonds is 9. The molecule has 0 aromatic rings. The van der Waals surface area contributed by atoms with Gasteiger partial charge in [-0.3, -0.25) is 0 Å². The van der Waals surface area contributed by atoms with Gasteiger partial charge in [0.25, 0.3) is 0 Å². The zero-order chi connectivity index (χ0) is 12.0. The Morgan fingerprint density at radius 3 is 2.50 bits per heavy atom. The lowest BCUT2D eigenvalue weighted by Gasteiger charge is -2.21. The summed E-state index contributed by atoms with van der Waals surface area (Å²) < 4.78 is 11.1. The third-order valence-corrected chi connectivity index (χ3v) is 3.98. The summed E-state index contributed by atoms with van der Waals surface area (Å²) in [4.78, 5) is 0. The molecule has 3 unspecified atom stereocenters. The molecule has 0 bridgehead atoms. The highest BCUT2D eigenvalue weighted by Crippen LogP contribution is 2.21. The first kappa shape index (κ1) is 14.3.